The molecule has 1 aromatic rings. The van der Waals surface area contributed by atoms with Crippen molar-refractivity contribution in [1.29, 1.82) is 0 Å². The molecule has 0 amide bonds. The Kier molecular flexibility index (Phi) is 4.83. The summed E-state index contributed by atoms with van der Waals surface area (Å²) < 4.78 is 37.9. The van der Waals surface area contributed by atoms with E-state index in [1.807, 2.05) is 0 Å². The van der Waals surface area contributed by atoms with E-state index in [1.165, 1.54) is 19.2 Å². The van der Waals surface area contributed by atoms with Crippen LogP contribution in [0.1, 0.15) is 12.8 Å². The third-order valence-corrected chi connectivity index (χ3v) is 5.00. The zero-order valence-electron chi connectivity index (χ0n) is 10.6. The summed E-state index contributed by atoms with van der Waals surface area (Å²) in [6, 6.07) is 4.66. The van der Waals surface area contributed by atoms with Gasteiger partial charge in [0, 0.05) is 13.2 Å². The van der Waals surface area contributed by atoms with Crippen molar-refractivity contribution < 1.29 is 17.9 Å². The van der Waals surface area contributed by atoms with Gasteiger partial charge in [-0.25, -0.2) is 13.1 Å². The molecule has 0 unspecified atom stereocenters. The molecule has 1 saturated heterocycles. The van der Waals surface area contributed by atoms with Gasteiger partial charge in [-0.3, -0.25) is 0 Å². The van der Waals surface area contributed by atoms with E-state index in [1.54, 1.807) is 6.07 Å². The summed E-state index contributed by atoms with van der Waals surface area (Å²) in [5.41, 5.74) is 0. The Morgan fingerprint density at radius 3 is 2.89 bits per heavy atom. The zero-order chi connectivity index (χ0) is 13.9. The van der Waals surface area contributed by atoms with Gasteiger partial charge in [0.05, 0.1) is 22.6 Å². The van der Waals surface area contributed by atoms with Gasteiger partial charge in [0.2, 0.25) is 10.0 Å². The first kappa shape index (κ1) is 14.8. The first-order chi connectivity index (χ1) is 9.03. The van der Waals surface area contributed by atoms with Crippen molar-refractivity contribution in [2.75, 3.05) is 20.3 Å². The minimum Gasteiger partial charge on any atom is -0.496 e. The van der Waals surface area contributed by atoms with Gasteiger partial charge in [-0.1, -0.05) is 0 Å². The summed E-state index contributed by atoms with van der Waals surface area (Å²) in [6.45, 7) is 1.02. The zero-order valence-corrected chi connectivity index (χ0v) is 13.0. The second-order valence-corrected chi connectivity index (χ2v) is 6.90. The number of rotatable bonds is 5. The SMILES string of the molecule is COc1ccc(S(=O)(=O)NC[C@@H]2CCCO2)cc1Br. The number of methoxy groups -OCH3 is 1. The van der Waals surface area contributed by atoms with Crippen LogP contribution >= 0.6 is 15.9 Å². The number of benzene rings is 1. The highest BCUT2D eigenvalue weighted by atomic mass is 79.9. The minimum absolute atomic E-state index is 0.0172. The van der Waals surface area contributed by atoms with Gasteiger partial charge in [0.1, 0.15) is 5.75 Å². The lowest BCUT2D eigenvalue weighted by Crippen LogP contribution is -2.31. The highest BCUT2D eigenvalue weighted by Gasteiger charge is 2.20. The van der Waals surface area contributed by atoms with Crippen LogP contribution in [0.25, 0.3) is 0 Å². The molecule has 1 aliphatic rings. The van der Waals surface area contributed by atoms with E-state index < -0.39 is 10.0 Å². The van der Waals surface area contributed by atoms with Crippen LogP contribution in [0.3, 0.4) is 0 Å². The van der Waals surface area contributed by atoms with Crippen LogP contribution in [0.4, 0.5) is 0 Å². The van der Waals surface area contributed by atoms with Crippen LogP contribution in [-0.4, -0.2) is 34.8 Å². The Morgan fingerprint density at radius 1 is 1.53 bits per heavy atom. The molecule has 1 N–H and O–H groups in total. The Morgan fingerprint density at radius 2 is 2.32 bits per heavy atom. The molecule has 5 nitrogen and oxygen atoms in total. The largest absolute Gasteiger partial charge is 0.496 e. The maximum absolute atomic E-state index is 12.1. The van der Waals surface area contributed by atoms with Crippen LogP contribution in [0.2, 0.25) is 0 Å². The normalized spacial score (nSPS) is 19.6. The predicted octanol–water partition coefficient (Wildman–Crippen LogP) is 1.91. The first-order valence-corrected chi connectivity index (χ1v) is 8.25. The first-order valence-electron chi connectivity index (χ1n) is 5.98. The van der Waals surface area contributed by atoms with Gasteiger partial charge in [-0.15, -0.1) is 0 Å². The topological polar surface area (TPSA) is 64.6 Å². The quantitative estimate of drug-likeness (QED) is 0.881. The summed E-state index contributed by atoms with van der Waals surface area (Å²) in [5.74, 6) is 0.595. The van der Waals surface area contributed by atoms with Crippen molar-refractivity contribution in [3.63, 3.8) is 0 Å². The number of sulfonamides is 1. The van der Waals surface area contributed by atoms with Crippen LogP contribution in [0.5, 0.6) is 5.75 Å². The van der Waals surface area contributed by atoms with Gasteiger partial charge >= 0.3 is 0 Å². The van der Waals surface area contributed by atoms with E-state index in [2.05, 4.69) is 20.7 Å². The summed E-state index contributed by atoms with van der Waals surface area (Å²) in [5, 5.41) is 0. The van der Waals surface area contributed by atoms with Crippen molar-refractivity contribution in [2.24, 2.45) is 0 Å². The lowest BCUT2D eigenvalue weighted by Gasteiger charge is -2.12. The molecule has 1 aromatic carbocycles. The van der Waals surface area contributed by atoms with E-state index >= 15 is 0 Å². The molecular weight excluding hydrogens is 334 g/mol. The summed E-state index contributed by atoms with van der Waals surface area (Å²) in [4.78, 5) is 0.207. The van der Waals surface area contributed by atoms with Crippen molar-refractivity contribution in [3.8, 4) is 5.75 Å². The average Bonchev–Trinajstić information content (AvgIpc) is 2.89. The molecule has 7 heteroatoms. The molecule has 2 rings (SSSR count). The second-order valence-electron chi connectivity index (χ2n) is 4.28. The van der Waals surface area contributed by atoms with Gasteiger partial charge < -0.3 is 9.47 Å². The maximum atomic E-state index is 12.1. The molecule has 0 aliphatic carbocycles. The monoisotopic (exact) mass is 349 g/mol. The minimum atomic E-state index is -3.51. The molecule has 0 saturated carbocycles. The van der Waals surface area contributed by atoms with E-state index in [4.69, 9.17) is 9.47 Å². The fraction of sp³-hybridized carbons (Fsp3) is 0.500. The second kappa shape index (κ2) is 6.21. The average molecular weight is 350 g/mol. The number of ether oxygens (including phenoxy) is 2. The summed E-state index contributed by atoms with van der Waals surface area (Å²) >= 11 is 3.28. The van der Waals surface area contributed by atoms with E-state index in [9.17, 15) is 8.42 Å². The number of hydrogen-bond donors (Lipinski definition) is 1. The molecular formula is C12H16BrNO4S. The highest BCUT2D eigenvalue weighted by molar-refractivity contribution is 9.10. The third kappa shape index (κ3) is 3.68. The molecule has 0 bridgehead atoms. The fourth-order valence-electron chi connectivity index (χ4n) is 1.91. The molecule has 1 heterocycles. The van der Waals surface area contributed by atoms with Crippen molar-refractivity contribution in [3.05, 3.63) is 22.7 Å². The molecule has 0 radical (unpaired) electrons. The van der Waals surface area contributed by atoms with Crippen molar-refractivity contribution >= 4 is 26.0 Å². The molecule has 106 valence electrons. The van der Waals surface area contributed by atoms with Gasteiger partial charge in [0.15, 0.2) is 0 Å². The number of nitrogens with one attached hydrogen (secondary N) is 1. The Balaban J connectivity index is 2.08. The maximum Gasteiger partial charge on any atom is 0.240 e. The molecule has 1 atom stereocenters. The van der Waals surface area contributed by atoms with E-state index in [-0.39, 0.29) is 11.0 Å². The van der Waals surface area contributed by atoms with Gasteiger partial charge in [0.25, 0.3) is 0 Å². The summed E-state index contributed by atoms with van der Waals surface area (Å²) in [6.07, 6.45) is 1.87. The Bertz CT molecular complexity index is 541. The van der Waals surface area contributed by atoms with Crippen LogP contribution in [0.15, 0.2) is 27.6 Å². The lowest BCUT2D eigenvalue weighted by atomic mass is 10.2. The third-order valence-electron chi connectivity index (χ3n) is 2.96. The number of halogens is 1. The molecule has 0 aromatic heterocycles. The highest BCUT2D eigenvalue weighted by Crippen LogP contribution is 2.27. The van der Waals surface area contributed by atoms with Gasteiger partial charge in [-0.05, 0) is 47.0 Å². The molecule has 0 spiro atoms. The van der Waals surface area contributed by atoms with Crippen LogP contribution in [-0.2, 0) is 14.8 Å². The van der Waals surface area contributed by atoms with E-state index in [0.29, 0.717) is 23.4 Å². The van der Waals surface area contributed by atoms with E-state index in [0.717, 1.165) is 12.8 Å². The molecule has 1 fully saturated rings. The standard InChI is InChI=1S/C12H16BrNO4S/c1-17-12-5-4-10(7-11(12)13)19(15,16)14-8-9-3-2-6-18-9/h4-5,7,9,14H,2-3,6,8H2,1H3/t9-/m0/s1. The Hall–Kier alpha value is -0.630. The molecule has 1 aliphatic heterocycles. The van der Waals surface area contributed by atoms with Crippen molar-refractivity contribution in [1.82, 2.24) is 4.72 Å². The predicted molar refractivity (Wildman–Crippen MR) is 74.9 cm³/mol. The molecule has 19 heavy (non-hydrogen) atoms. The van der Waals surface area contributed by atoms with Crippen LogP contribution in [0, 0.1) is 0 Å². The Labute approximate surface area is 121 Å². The smallest absolute Gasteiger partial charge is 0.240 e. The van der Waals surface area contributed by atoms with Gasteiger partial charge in [-0.2, -0.15) is 0 Å². The number of hydrogen-bond acceptors (Lipinski definition) is 4. The van der Waals surface area contributed by atoms with Crippen LogP contribution < -0.4 is 9.46 Å². The lowest BCUT2D eigenvalue weighted by molar-refractivity contribution is 0.114. The van der Waals surface area contributed by atoms with Crippen molar-refractivity contribution in [2.45, 2.75) is 23.8 Å². The fourth-order valence-corrected chi connectivity index (χ4v) is 3.69. The summed E-state index contributed by atoms with van der Waals surface area (Å²) in [7, 11) is -1.98.